The lowest BCUT2D eigenvalue weighted by Crippen LogP contribution is -2.48. The van der Waals surface area contributed by atoms with E-state index in [-0.39, 0.29) is 28.8 Å². The average Bonchev–Trinajstić information content (AvgIpc) is 3.17. The van der Waals surface area contributed by atoms with E-state index in [1.807, 2.05) is 30.3 Å². The van der Waals surface area contributed by atoms with E-state index in [1.165, 1.54) is 5.69 Å². The number of hydrogen-bond acceptors (Lipinski definition) is 8. The van der Waals surface area contributed by atoms with E-state index in [1.54, 1.807) is 18.4 Å². The summed E-state index contributed by atoms with van der Waals surface area (Å²) in [5, 5.41) is 0.892. The lowest BCUT2D eigenvalue weighted by molar-refractivity contribution is 0.243. The van der Waals surface area contributed by atoms with Gasteiger partial charge in [0.25, 0.3) is 0 Å². The maximum absolute atomic E-state index is 11.0. The zero-order valence-electron chi connectivity index (χ0n) is 17.3. The fraction of sp³-hybridized carbons (Fsp3) is 0.381. The highest BCUT2D eigenvalue weighted by Gasteiger charge is 2.21. The molecule has 1 fully saturated rings. The second-order valence-electron chi connectivity index (χ2n) is 7.44. The Hall–Kier alpha value is -1.72. The van der Waals surface area contributed by atoms with Crippen molar-refractivity contribution < 1.29 is 13.2 Å². The SMILES string of the molecule is Br.COc1cccc(N2CCN(CC(N)c3nc4ccc(C[SH](=O)=O)cc4s3)CC2)c1. The van der Waals surface area contributed by atoms with Gasteiger partial charge in [-0.15, -0.1) is 28.3 Å². The lowest BCUT2D eigenvalue weighted by atomic mass is 10.2. The van der Waals surface area contributed by atoms with Gasteiger partial charge in [0.2, 0.25) is 0 Å². The number of fused-ring (bicyclic) bond motifs is 1. The summed E-state index contributed by atoms with van der Waals surface area (Å²) in [6, 6.07) is 13.6. The smallest absolute Gasteiger partial charge is 0.144 e. The highest BCUT2D eigenvalue weighted by atomic mass is 79.9. The molecule has 0 aliphatic carbocycles. The Morgan fingerprint density at radius 3 is 2.65 bits per heavy atom. The fourth-order valence-electron chi connectivity index (χ4n) is 3.74. The van der Waals surface area contributed by atoms with Gasteiger partial charge >= 0.3 is 0 Å². The van der Waals surface area contributed by atoms with Crippen molar-refractivity contribution >= 4 is 54.9 Å². The maximum atomic E-state index is 11.0. The molecule has 0 spiro atoms. The van der Waals surface area contributed by atoms with Gasteiger partial charge in [-0.05, 0) is 29.8 Å². The Balaban J connectivity index is 0.00000272. The number of piperazine rings is 1. The molecule has 0 bridgehead atoms. The van der Waals surface area contributed by atoms with Crippen molar-refractivity contribution in [2.24, 2.45) is 5.73 Å². The van der Waals surface area contributed by atoms with Crippen LogP contribution in [0.5, 0.6) is 5.75 Å². The van der Waals surface area contributed by atoms with Crippen LogP contribution < -0.4 is 15.4 Å². The largest absolute Gasteiger partial charge is 0.497 e. The number of thiazole rings is 1. The van der Waals surface area contributed by atoms with Crippen molar-refractivity contribution in [2.45, 2.75) is 11.8 Å². The first-order valence-electron chi connectivity index (χ1n) is 9.90. The monoisotopic (exact) mass is 526 g/mol. The molecule has 0 amide bonds. The molecule has 168 valence electrons. The number of nitrogens with two attached hydrogens (primary N) is 1. The van der Waals surface area contributed by atoms with Gasteiger partial charge in [-0.2, -0.15) is 0 Å². The molecule has 4 rings (SSSR count). The molecule has 2 N–H and O–H groups in total. The number of rotatable bonds is 7. The first-order chi connectivity index (χ1) is 14.5. The quantitative estimate of drug-likeness (QED) is 0.457. The zero-order valence-corrected chi connectivity index (χ0v) is 20.7. The van der Waals surface area contributed by atoms with Gasteiger partial charge in [-0.25, -0.2) is 13.4 Å². The molecule has 10 heteroatoms. The normalized spacial score (nSPS) is 15.8. The van der Waals surface area contributed by atoms with Gasteiger partial charge in [0.15, 0.2) is 0 Å². The van der Waals surface area contributed by atoms with Gasteiger partial charge in [0, 0.05) is 44.5 Å². The van der Waals surface area contributed by atoms with Gasteiger partial charge in [0.05, 0.1) is 29.1 Å². The van der Waals surface area contributed by atoms with Crippen molar-refractivity contribution in [3.05, 3.63) is 53.0 Å². The van der Waals surface area contributed by atoms with Crippen molar-refractivity contribution in [3.8, 4) is 5.75 Å². The fourth-order valence-corrected chi connectivity index (χ4v) is 5.26. The summed E-state index contributed by atoms with van der Waals surface area (Å²) >= 11 is 1.55. The molecule has 1 saturated heterocycles. The van der Waals surface area contributed by atoms with E-state index in [4.69, 9.17) is 10.5 Å². The van der Waals surface area contributed by atoms with E-state index in [0.29, 0.717) is 0 Å². The van der Waals surface area contributed by atoms with Gasteiger partial charge in [0.1, 0.15) is 21.5 Å². The van der Waals surface area contributed by atoms with Crippen LogP contribution in [0.2, 0.25) is 0 Å². The minimum Gasteiger partial charge on any atom is -0.497 e. The molecule has 31 heavy (non-hydrogen) atoms. The van der Waals surface area contributed by atoms with Crippen LogP contribution in [0.1, 0.15) is 16.6 Å². The Bertz CT molecular complexity index is 1090. The Kier molecular flexibility index (Phi) is 8.29. The summed E-state index contributed by atoms with van der Waals surface area (Å²) in [5.74, 6) is 0.931. The molecule has 1 unspecified atom stereocenters. The maximum Gasteiger partial charge on any atom is 0.144 e. The van der Waals surface area contributed by atoms with E-state index < -0.39 is 10.7 Å². The van der Waals surface area contributed by atoms with E-state index in [2.05, 4.69) is 26.9 Å². The second kappa shape index (κ2) is 10.7. The number of thiol groups is 1. The van der Waals surface area contributed by atoms with Crippen LogP contribution in [-0.4, -0.2) is 58.1 Å². The number of anilines is 1. The molecule has 1 atom stereocenters. The van der Waals surface area contributed by atoms with Crippen molar-refractivity contribution in [1.29, 1.82) is 0 Å². The summed E-state index contributed by atoms with van der Waals surface area (Å²) in [7, 11) is -0.744. The van der Waals surface area contributed by atoms with Crippen LogP contribution in [0.3, 0.4) is 0 Å². The molecule has 1 aromatic heterocycles. The molecule has 1 aliphatic rings. The number of aromatic nitrogens is 1. The topological polar surface area (TPSA) is 88.8 Å². The first-order valence-corrected chi connectivity index (χ1v) is 12.1. The Labute approximate surface area is 198 Å². The molecule has 7 nitrogen and oxygen atoms in total. The van der Waals surface area contributed by atoms with Crippen LogP contribution in [0.4, 0.5) is 5.69 Å². The average molecular weight is 528 g/mol. The molecule has 0 saturated carbocycles. The summed E-state index contributed by atoms with van der Waals surface area (Å²) in [6.45, 7) is 4.52. The van der Waals surface area contributed by atoms with Crippen LogP contribution in [0.15, 0.2) is 42.5 Å². The molecule has 1 aliphatic heterocycles. The van der Waals surface area contributed by atoms with Crippen LogP contribution in [0, 0.1) is 0 Å². The second-order valence-corrected chi connectivity index (χ2v) is 9.48. The molecule has 2 heterocycles. The van der Waals surface area contributed by atoms with Gasteiger partial charge < -0.3 is 15.4 Å². The van der Waals surface area contributed by atoms with Gasteiger partial charge in [-0.1, -0.05) is 12.1 Å². The summed E-state index contributed by atoms with van der Waals surface area (Å²) in [4.78, 5) is 9.41. The third-order valence-electron chi connectivity index (χ3n) is 5.34. The number of hydrogen-bond donors (Lipinski definition) is 2. The summed E-state index contributed by atoms with van der Waals surface area (Å²) < 4.78 is 28.3. The summed E-state index contributed by atoms with van der Waals surface area (Å²) in [5.41, 5.74) is 9.31. The third-order valence-corrected chi connectivity index (χ3v) is 7.12. The van der Waals surface area contributed by atoms with Crippen LogP contribution in [-0.2, 0) is 16.5 Å². The minimum absolute atomic E-state index is 0. The number of halogens is 1. The van der Waals surface area contributed by atoms with Crippen molar-refractivity contribution in [2.75, 3.05) is 44.7 Å². The number of methoxy groups -OCH3 is 1. The first kappa shape index (κ1) is 23.9. The lowest BCUT2D eigenvalue weighted by Gasteiger charge is -2.37. The Morgan fingerprint density at radius 1 is 1.16 bits per heavy atom. The molecular formula is C21H27BrN4O3S2. The molecular weight excluding hydrogens is 500 g/mol. The van der Waals surface area contributed by atoms with Crippen LogP contribution >= 0.6 is 28.3 Å². The minimum atomic E-state index is -2.43. The molecule has 3 aromatic rings. The Morgan fingerprint density at radius 2 is 1.94 bits per heavy atom. The predicted molar refractivity (Wildman–Crippen MR) is 133 cm³/mol. The molecule has 2 aromatic carbocycles. The van der Waals surface area contributed by atoms with Crippen molar-refractivity contribution in [3.63, 3.8) is 0 Å². The van der Waals surface area contributed by atoms with E-state index in [9.17, 15) is 8.42 Å². The van der Waals surface area contributed by atoms with Crippen LogP contribution in [0.25, 0.3) is 10.2 Å². The highest BCUT2D eigenvalue weighted by molar-refractivity contribution is 8.93. The highest BCUT2D eigenvalue weighted by Crippen LogP contribution is 2.28. The van der Waals surface area contributed by atoms with E-state index in [0.717, 1.165) is 59.3 Å². The predicted octanol–water partition coefficient (Wildman–Crippen LogP) is 2.82. The number of nitrogens with zero attached hydrogens (tertiary/aromatic N) is 3. The third kappa shape index (κ3) is 5.95. The molecule has 0 radical (unpaired) electrons. The number of ether oxygens (including phenoxy) is 1. The number of benzene rings is 2. The van der Waals surface area contributed by atoms with Gasteiger partial charge in [-0.3, -0.25) is 4.90 Å². The standard InChI is InChI=1S/C21H26N4O3S2.BrH/c1-28-17-4-2-3-16(12-17)25-9-7-24(8-10-25)13-18(22)21-23-19-6-5-15(14-30(26)27)11-20(19)29-21;/h2-6,11-12,18,30H,7-10,13-14,22H2,1H3;1H. The summed E-state index contributed by atoms with van der Waals surface area (Å²) in [6.07, 6.45) is 0. The zero-order chi connectivity index (χ0) is 21.1. The van der Waals surface area contributed by atoms with Crippen molar-refractivity contribution in [1.82, 2.24) is 9.88 Å². The van der Waals surface area contributed by atoms with E-state index >= 15 is 0 Å².